The van der Waals surface area contributed by atoms with Crippen LogP contribution in [0, 0.1) is 0 Å². The van der Waals surface area contributed by atoms with Crippen molar-refractivity contribution in [2.45, 2.75) is 11.7 Å². The first-order valence-electron chi connectivity index (χ1n) is 8.17. The first-order valence-corrected chi connectivity index (χ1v) is 9.21. The van der Waals surface area contributed by atoms with Gasteiger partial charge in [0.05, 0.1) is 0 Å². The fourth-order valence-corrected chi connectivity index (χ4v) is 4.35. The van der Waals surface area contributed by atoms with E-state index in [1.807, 2.05) is 34.9 Å². The maximum Gasteiger partial charge on any atom is 0.254 e. The van der Waals surface area contributed by atoms with Crippen molar-refractivity contribution in [3.63, 3.8) is 0 Å². The van der Waals surface area contributed by atoms with Crippen molar-refractivity contribution in [1.82, 2.24) is 4.90 Å². The van der Waals surface area contributed by atoms with Gasteiger partial charge in [0.15, 0.2) is 11.5 Å². The third-order valence-electron chi connectivity index (χ3n) is 4.42. The number of hydrogen-bond acceptors (Lipinski definition) is 4. The van der Waals surface area contributed by atoms with Crippen LogP contribution < -0.4 is 9.47 Å². The minimum atomic E-state index is 0.0719. The molecule has 0 unspecified atom stereocenters. The van der Waals surface area contributed by atoms with Gasteiger partial charge in [0.2, 0.25) is 6.79 Å². The van der Waals surface area contributed by atoms with Gasteiger partial charge in [-0.3, -0.25) is 4.79 Å². The molecule has 4 nitrogen and oxygen atoms in total. The van der Waals surface area contributed by atoms with Crippen molar-refractivity contribution in [2.75, 3.05) is 25.6 Å². The van der Waals surface area contributed by atoms with Crippen LogP contribution in [0.4, 0.5) is 0 Å². The zero-order valence-electron chi connectivity index (χ0n) is 13.3. The molecule has 24 heavy (non-hydrogen) atoms. The molecule has 1 fully saturated rings. The van der Waals surface area contributed by atoms with Crippen molar-refractivity contribution in [2.24, 2.45) is 0 Å². The van der Waals surface area contributed by atoms with E-state index < -0.39 is 0 Å². The van der Waals surface area contributed by atoms with Gasteiger partial charge in [0.25, 0.3) is 5.91 Å². The summed E-state index contributed by atoms with van der Waals surface area (Å²) in [6.45, 7) is 1.78. The summed E-state index contributed by atoms with van der Waals surface area (Å²) in [5, 5.41) is 0.459. The molecule has 5 heteroatoms. The predicted molar refractivity (Wildman–Crippen MR) is 94.7 cm³/mol. The van der Waals surface area contributed by atoms with Crippen LogP contribution in [-0.4, -0.2) is 36.4 Å². The van der Waals surface area contributed by atoms with Gasteiger partial charge in [-0.1, -0.05) is 30.3 Å². The van der Waals surface area contributed by atoms with Crippen LogP contribution >= 0.6 is 11.8 Å². The number of hydrogen-bond donors (Lipinski definition) is 0. The van der Waals surface area contributed by atoms with Crippen molar-refractivity contribution < 1.29 is 14.3 Å². The quantitative estimate of drug-likeness (QED) is 0.834. The highest BCUT2D eigenvalue weighted by Crippen LogP contribution is 2.35. The Balaban J connectivity index is 1.46. The average molecular weight is 341 g/mol. The highest BCUT2D eigenvalue weighted by molar-refractivity contribution is 7.99. The number of nitrogens with zero attached hydrogens (tertiary/aromatic N) is 1. The van der Waals surface area contributed by atoms with Crippen molar-refractivity contribution in [1.29, 1.82) is 0 Å². The summed E-state index contributed by atoms with van der Waals surface area (Å²) in [7, 11) is 0. The summed E-state index contributed by atoms with van der Waals surface area (Å²) in [6, 6.07) is 16.0. The van der Waals surface area contributed by atoms with Crippen molar-refractivity contribution in [3.8, 4) is 11.5 Å². The number of carbonyl (C=O) groups excluding carboxylic acids is 1. The summed E-state index contributed by atoms with van der Waals surface area (Å²) in [4.78, 5) is 14.8. The van der Waals surface area contributed by atoms with E-state index in [2.05, 4.69) is 24.3 Å². The van der Waals surface area contributed by atoms with Crippen LogP contribution in [-0.2, 0) is 0 Å². The number of ether oxygens (including phenoxy) is 2. The minimum Gasteiger partial charge on any atom is -0.454 e. The Morgan fingerprint density at radius 2 is 1.88 bits per heavy atom. The van der Waals surface area contributed by atoms with E-state index in [0.29, 0.717) is 22.3 Å². The highest BCUT2D eigenvalue weighted by Gasteiger charge is 2.24. The first-order chi connectivity index (χ1) is 11.8. The summed E-state index contributed by atoms with van der Waals surface area (Å²) in [6.07, 6.45) is 0.977. The molecule has 0 aromatic heterocycles. The van der Waals surface area contributed by atoms with Gasteiger partial charge in [-0.25, -0.2) is 0 Å². The van der Waals surface area contributed by atoms with Crippen molar-refractivity contribution in [3.05, 3.63) is 59.7 Å². The third kappa shape index (κ3) is 3.08. The van der Waals surface area contributed by atoms with E-state index in [0.717, 1.165) is 25.3 Å². The molecular formula is C19H19NO3S. The van der Waals surface area contributed by atoms with Crippen LogP contribution in [0.3, 0.4) is 0 Å². The second kappa shape index (κ2) is 6.77. The van der Waals surface area contributed by atoms with Gasteiger partial charge < -0.3 is 14.4 Å². The lowest BCUT2D eigenvalue weighted by molar-refractivity contribution is 0.0766. The molecule has 0 saturated carbocycles. The van der Waals surface area contributed by atoms with Gasteiger partial charge in [-0.2, -0.15) is 11.8 Å². The topological polar surface area (TPSA) is 38.8 Å². The van der Waals surface area contributed by atoms with E-state index >= 15 is 0 Å². The van der Waals surface area contributed by atoms with Gasteiger partial charge >= 0.3 is 0 Å². The lowest BCUT2D eigenvalue weighted by atomic mass is 10.1. The van der Waals surface area contributed by atoms with E-state index in [4.69, 9.17) is 9.47 Å². The largest absolute Gasteiger partial charge is 0.454 e. The Hall–Kier alpha value is -2.14. The van der Waals surface area contributed by atoms with E-state index in [1.54, 1.807) is 6.07 Å². The molecule has 2 aliphatic heterocycles. The zero-order chi connectivity index (χ0) is 16.4. The molecule has 2 aromatic carbocycles. The summed E-state index contributed by atoms with van der Waals surface area (Å²) >= 11 is 1.94. The zero-order valence-corrected chi connectivity index (χ0v) is 14.1. The van der Waals surface area contributed by atoms with E-state index in [9.17, 15) is 4.79 Å². The maximum absolute atomic E-state index is 12.8. The normalized spacial score (nSPS) is 19.8. The Morgan fingerprint density at radius 3 is 2.75 bits per heavy atom. The molecule has 1 atom stereocenters. The smallest absolute Gasteiger partial charge is 0.254 e. The molecule has 124 valence electrons. The summed E-state index contributed by atoms with van der Waals surface area (Å²) in [5.41, 5.74) is 2.02. The third-order valence-corrected chi connectivity index (χ3v) is 5.75. The Bertz CT molecular complexity index is 735. The van der Waals surface area contributed by atoms with Crippen LogP contribution in [0.2, 0.25) is 0 Å². The monoisotopic (exact) mass is 341 g/mol. The van der Waals surface area contributed by atoms with Gasteiger partial charge in [0, 0.05) is 29.7 Å². The number of rotatable bonds is 2. The van der Waals surface area contributed by atoms with Crippen LogP contribution in [0.15, 0.2) is 48.5 Å². The fourth-order valence-electron chi connectivity index (χ4n) is 3.12. The van der Waals surface area contributed by atoms with Gasteiger partial charge in [-0.05, 0) is 30.2 Å². The van der Waals surface area contributed by atoms with E-state index in [1.165, 1.54) is 5.56 Å². The molecule has 0 bridgehead atoms. The fraction of sp³-hybridized carbons (Fsp3) is 0.316. The molecule has 2 heterocycles. The number of thioether (sulfide) groups is 1. The molecule has 1 saturated heterocycles. The molecule has 0 radical (unpaired) electrons. The second-order valence-electron chi connectivity index (χ2n) is 5.92. The molecule has 0 spiro atoms. The Labute approximate surface area is 145 Å². The lowest BCUT2D eigenvalue weighted by Gasteiger charge is -2.20. The van der Waals surface area contributed by atoms with Crippen LogP contribution in [0.1, 0.15) is 27.6 Å². The predicted octanol–water partition coefficient (Wildman–Crippen LogP) is 3.74. The molecule has 2 aromatic rings. The summed E-state index contributed by atoms with van der Waals surface area (Å²) in [5.74, 6) is 2.40. The standard InChI is InChI=1S/C19H19NO3S/c21-19(15-6-7-16-17(12-15)23-13-22-16)20-9-8-18(24-11-10-20)14-4-2-1-3-5-14/h1-7,12,18H,8-11,13H2/t18-/m0/s1. The number of benzene rings is 2. The molecule has 1 amide bonds. The van der Waals surface area contributed by atoms with Crippen LogP contribution in [0.5, 0.6) is 11.5 Å². The van der Waals surface area contributed by atoms with E-state index in [-0.39, 0.29) is 12.7 Å². The first kappa shape index (κ1) is 15.4. The molecule has 0 N–H and O–H groups in total. The Morgan fingerprint density at radius 1 is 1.04 bits per heavy atom. The average Bonchev–Trinajstić information content (AvgIpc) is 2.96. The molecule has 0 aliphatic carbocycles. The van der Waals surface area contributed by atoms with Crippen molar-refractivity contribution >= 4 is 17.7 Å². The molecule has 4 rings (SSSR count). The van der Waals surface area contributed by atoms with Crippen LogP contribution in [0.25, 0.3) is 0 Å². The van der Waals surface area contributed by atoms with Gasteiger partial charge in [0.1, 0.15) is 0 Å². The number of carbonyl (C=O) groups is 1. The Kier molecular flexibility index (Phi) is 4.34. The SMILES string of the molecule is O=C(c1ccc2c(c1)OCO2)N1CCS[C@H](c2ccccc2)CC1. The number of amides is 1. The second-order valence-corrected chi connectivity index (χ2v) is 7.23. The highest BCUT2D eigenvalue weighted by atomic mass is 32.2. The molecular weight excluding hydrogens is 322 g/mol. The summed E-state index contributed by atoms with van der Waals surface area (Å²) < 4.78 is 10.7. The minimum absolute atomic E-state index is 0.0719. The lowest BCUT2D eigenvalue weighted by Crippen LogP contribution is -2.32. The van der Waals surface area contributed by atoms with Gasteiger partial charge in [-0.15, -0.1) is 0 Å². The maximum atomic E-state index is 12.8. The molecule has 2 aliphatic rings. The number of fused-ring (bicyclic) bond motifs is 1.